The molecule has 0 aromatic heterocycles. The average Bonchev–Trinajstić information content (AvgIpc) is 2.49. The smallest absolute Gasteiger partial charge is 0.223 e. The predicted molar refractivity (Wildman–Crippen MR) is 84.2 cm³/mol. The summed E-state index contributed by atoms with van der Waals surface area (Å²) in [5, 5.41) is 3.12. The second kappa shape index (κ2) is 7.57. The number of rotatable bonds is 5. The van der Waals surface area contributed by atoms with Crippen LogP contribution in [0.3, 0.4) is 0 Å². The Morgan fingerprint density at radius 1 is 1.33 bits per heavy atom. The van der Waals surface area contributed by atoms with Crippen LogP contribution in [-0.4, -0.2) is 44.7 Å². The van der Waals surface area contributed by atoms with Gasteiger partial charge in [-0.25, -0.2) is 0 Å². The highest BCUT2D eigenvalue weighted by atomic mass is 16.5. The Morgan fingerprint density at radius 3 is 2.62 bits per heavy atom. The molecular formula is C17H26N2O2. The van der Waals surface area contributed by atoms with Crippen LogP contribution in [-0.2, 0) is 9.53 Å². The number of carbonyl (C=O) groups is 1. The van der Waals surface area contributed by atoms with Gasteiger partial charge in [0.1, 0.15) is 0 Å². The van der Waals surface area contributed by atoms with Gasteiger partial charge in [-0.3, -0.25) is 4.79 Å². The number of likely N-dealkylation sites (N-methyl/N-ethyl adjacent to an activating group) is 1. The van der Waals surface area contributed by atoms with E-state index in [1.165, 1.54) is 11.1 Å². The zero-order chi connectivity index (χ0) is 15.2. The summed E-state index contributed by atoms with van der Waals surface area (Å²) in [4.78, 5) is 14.4. The standard InChI is InChI=1S/C17H26N2O2/c1-13-6-4-5-7-15(13)16(19(2)3)12-18-17(20)14-8-10-21-11-9-14/h4-7,14,16H,8-12H2,1-3H3,(H,18,20). The number of carbonyl (C=O) groups excluding carboxylic acids is 1. The topological polar surface area (TPSA) is 41.6 Å². The lowest BCUT2D eigenvalue weighted by molar-refractivity contribution is -0.128. The van der Waals surface area contributed by atoms with E-state index in [1.54, 1.807) is 0 Å². The molecule has 116 valence electrons. The van der Waals surface area contributed by atoms with Gasteiger partial charge >= 0.3 is 0 Å². The van der Waals surface area contributed by atoms with E-state index in [0.29, 0.717) is 19.8 Å². The monoisotopic (exact) mass is 290 g/mol. The first-order chi connectivity index (χ1) is 10.1. The molecule has 1 amide bonds. The van der Waals surface area contributed by atoms with Crippen molar-refractivity contribution in [3.8, 4) is 0 Å². The number of amides is 1. The molecule has 0 radical (unpaired) electrons. The predicted octanol–water partition coefficient (Wildman–Crippen LogP) is 2.14. The van der Waals surface area contributed by atoms with Crippen LogP contribution >= 0.6 is 0 Å². The van der Waals surface area contributed by atoms with Crippen LogP contribution in [0.15, 0.2) is 24.3 Å². The molecule has 0 bridgehead atoms. The quantitative estimate of drug-likeness (QED) is 0.903. The summed E-state index contributed by atoms with van der Waals surface area (Å²) in [6.45, 7) is 4.17. The van der Waals surface area contributed by atoms with Crippen LogP contribution in [0.1, 0.15) is 30.0 Å². The van der Waals surface area contributed by atoms with Crippen molar-refractivity contribution in [3.05, 3.63) is 35.4 Å². The maximum absolute atomic E-state index is 12.3. The lowest BCUT2D eigenvalue weighted by Gasteiger charge is -2.28. The molecule has 1 aromatic carbocycles. The SMILES string of the molecule is Cc1ccccc1C(CNC(=O)C1CCOCC1)N(C)C. The van der Waals surface area contributed by atoms with Crippen molar-refractivity contribution in [1.82, 2.24) is 10.2 Å². The zero-order valence-electron chi connectivity index (χ0n) is 13.3. The van der Waals surface area contributed by atoms with Crippen LogP contribution in [0.4, 0.5) is 0 Å². The highest BCUT2D eigenvalue weighted by Gasteiger charge is 2.23. The van der Waals surface area contributed by atoms with E-state index in [-0.39, 0.29) is 17.9 Å². The molecule has 4 heteroatoms. The molecule has 21 heavy (non-hydrogen) atoms. The molecule has 0 spiro atoms. The number of ether oxygens (including phenoxy) is 1. The number of aryl methyl sites for hydroxylation is 1. The molecule has 1 aromatic rings. The van der Waals surface area contributed by atoms with Gasteiger partial charge in [-0.1, -0.05) is 24.3 Å². The Balaban J connectivity index is 1.97. The summed E-state index contributed by atoms with van der Waals surface area (Å²) < 4.78 is 5.31. The molecule has 1 heterocycles. The van der Waals surface area contributed by atoms with Crippen molar-refractivity contribution in [1.29, 1.82) is 0 Å². The summed E-state index contributed by atoms with van der Waals surface area (Å²) in [5.74, 6) is 0.275. The van der Waals surface area contributed by atoms with Gasteiger partial charge in [0.2, 0.25) is 5.91 Å². The largest absolute Gasteiger partial charge is 0.381 e. The Bertz CT molecular complexity index is 468. The van der Waals surface area contributed by atoms with Gasteiger partial charge in [-0.15, -0.1) is 0 Å². The molecule has 0 aliphatic carbocycles. The van der Waals surface area contributed by atoms with Crippen LogP contribution in [0.5, 0.6) is 0 Å². The molecule has 1 fully saturated rings. The van der Waals surface area contributed by atoms with E-state index in [9.17, 15) is 4.79 Å². The van der Waals surface area contributed by atoms with Crippen molar-refractivity contribution in [3.63, 3.8) is 0 Å². The number of nitrogens with one attached hydrogen (secondary N) is 1. The fraction of sp³-hybridized carbons (Fsp3) is 0.588. The lowest BCUT2D eigenvalue weighted by atomic mass is 9.98. The maximum Gasteiger partial charge on any atom is 0.223 e. The van der Waals surface area contributed by atoms with Crippen LogP contribution < -0.4 is 5.32 Å². The molecule has 1 aliphatic rings. The molecule has 1 aliphatic heterocycles. The Morgan fingerprint density at radius 2 is 2.00 bits per heavy atom. The van der Waals surface area contributed by atoms with Crippen molar-refractivity contribution in [2.45, 2.75) is 25.8 Å². The van der Waals surface area contributed by atoms with E-state index in [2.05, 4.69) is 49.4 Å². The number of nitrogens with zero attached hydrogens (tertiary/aromatic N) is 1. The summed E-state index contributed by atoms with van der Waals surface area (Å²) in [7, 11) is 4.11. The van der Waals surface area contributed by atoms with E-state index >= 15 is 0 Å². The zero-order valence-corrected chi connectivity index (χ0v) is 13.3. The molecule has 1 unspecified atom stereocenters. The van der Waals surface area contributed by atoms with E-state index < -0.39 is 0 Å². The van der Waals surface area contributed by atoms with Gasteiger partial charge in [0.15, 0.2) is 0 Å². The Labute approximate surface area is 127 Å². The normalized spacial score (nSPS) is 17.7. The van der Waals surface area contributed by atoms with Crippen molar-refractivity contribution in [2.24, 2.45) is 5.92 Å². The fourth-order valence-electron chi connectivity index (χ4n) is 2.83. The summed E-state index contributed by atoms with van der Waals surface area (Å²) in [6.07, 6.45) is 1.67. The molecule has 1 N–H and O–H groups in total. The second-order valence-electron chi connectivity index (χ2n) is 5.97. The second-order valence-corrected chi connectivity index (χ2v) is 5.97. The molecule has 1 saturated heterocycles. The van der Waals surface area contributed by atoms with Crippen LogP contribution in [0.2, 0.25) is 0 Å². The third-order valence-electron chi connectivity index (χ3n) is 4.23. The van der Waals surface area contributed by atoms with Crippen LogP contribution in [0.25, 0.3) is 0 Å². The third kappa shape index (κ3) is 4.29. The van der Waals surface area contributed by atoms with E-state index in [0.717, 1.165) is 12.8 Å². The first-order valence-corrected chi connectivity index (χ1v) is 7.67. The molecule has 0 saturated carbocycles. The summed E-state index contributed by atoms with van der Waals surface area (Å²) in [5.41, 5.74) is 2.53. The Hall–Kier alpha value is -1.39. The minimum Gasteiger partial charge on any atom is -0.381 e. The van der Waals surface area contributed by atoms with Gasteiger partial charge in [0, 0.05) is 25.7 Å². The average molecular weight is 290 g/mol. The fourth-order valence-corrected chi connectivity index (χ4v) is 2.83. The van der Waals surface area contributed by atoms with Crippen molar-refractivity contribution in [2.75, 3.05) is 33.9 Å². The minimum absolute atomic E-state index is 0.110. The first kappa shape index (κ1) is 16.0. The van der Waals surface area contributed by atoms with E-state index in [4.69, 9.17) is 4.74 Å². The summed E-state index contributed by atoms with van der Waals surface area (Å²) in [6, 6.07) is 8.56. The first-order valence-electron chi connectivity index (χ1n) is 7.67. The highest BCUT2D eigenvalue weighted by Crippen LogP contribution is 2.21. The number of hydrogen-bond acceptors (Lipinski definition) is 3. The number of benzene rings is 1. The molecule has 2 rings (SSSR count). The van der Waals surface area contributed by atoms with Gasteiger partial charge in [0.05, 0.1) is 6.04 Å². The maximum atomic E-state index is 12.3. The minimum atomic E-state index is 0.110. The number of hydrogen-bond donors (Lipinski definition) is 1. The van der Waals surface area contributed by atoms with Crippen LogP contribution in [0, 0.1) is 12.8 Å². The van der Waals surface area contributed by atoms with Gasteiger partial charge in [-0.05, 0) is 45.0 Å². The highest BCUT2D eigenvalue weighted by molar-refractivity contribution is 5.78. The third-order valence-corrected chi connectivity index (χ3v) is 4.23. The lowest BCUT2D eigenvalue weighted by Crippen LogP contribution is -2.39. The van der Waals surface area contributed by atoms with Gasteiger partial charge in [-0.2, -0.15) is 0 Å². The molecule has 1 atom stereocenters. The van der Waals surface area contributed by atoms with Crippen molar-refractivity contribution >= 4 is 5.91 Å². The van der Waals surface area contributed by atoms with Gasteiger partial charge < -0.3 is 15.0 Å². The summed E-state index contributed by atoms with van der Waals surface area (Å²) >= 11 is 0. The molecular weight excluding hydrogens is 264 g/mol. The molecule has 4 nitrogen and oxygen atoms in total. The van der Waals surface area contributed by atoms with Gasteiger partial charge in [0.25, 0.3) is 0 Å². The Kier molecular flexibility index (Phi) is 5.76. The van der Waals surface area contributed by atoms with E-state index in [1.807, 2.05) is 6.07 Å². The van der Waals surface area contributed by atoms with Crippen molar-refractivity contribution < 1.29 is 9.53 Å².